The average Bonchev–Trinajstić information content (AvgIpc) is 2.72. The number of thioether (sulfide) groups is 1. The Labute approximate surface area is 186 Å². The maximum atomic E-state index is 12.5. The molecule has 0 aliphatic rings. The fourth-order valence-corrected chi connectivity index (χ4v) is 3.45. The van der Waals surface area contributed by atoms with Gasteiger partial charge in [-0.1, -0.05) is 13.0 Å². The third kappa shape index (κ3) is 6.94. The van der Waals surface area contributed by atoms with Gasteiger partial charge < -0.3 is 9.84 Å². The summed E-state index contributed by atoms with van der Waals surface area (Å²) >= 11 is 3.68. The highest BCUT2D eigenvalue weighted by Gasteiger charge is 2.25. The molecule has 0 aliphatic heterocycles. The van der Waals surface area contributed by atoms with Crippen LogP contribution >= 0.6 is 34.4 Å². The molecule has 0 aliphatic carbocycles. The lowest BCUT2D eigenvalue weighted by atomic mass is 9.96. The van der Waals surface area contributed by atoms with Crippen molar-refractivity contribution in [1.29, 1.82) is 0 Å². The first-order chi connectivity index (χ1) is 13.8. The highest BCUT2D eigenvalue weighted by molar-refractivity contribution is 14.1. The molecule has 0 bridgehead atoms. The fourth-order valence-electron chi connectivity index (χ4n) is 2.52. The van der Waals surface area contributed by atoms with E-state index in [-0.39, 0.29) is 5.75 Å². The minimum atomic E-state index is -0.863. The highest BCUT2D eigenvalue weighted by Crippen LogP contribution is 2.34. The minimum Gasteiger partial charge on any atom is -0.508 e. The van der Waals surface area contributed by atoms with E-state index in [1.807, 2.05) is 18.4 Å². The Kier molecular flexibility index (Phi) is 8.80. The monoisotopic (exact) mass is 528 g/mol. The van der Waals surface area contributed by atoms with E-state index >= 15 is 0 Å². The smallest absolute Gasteiger partial charge is 0.412 e. The summed E-state index contributed by atoms with van der Waals surface area (Å²) in [6.45, 7) is 1.73. The van der Waals surface area contributed by atoms with Gasteiger partial charge in [0.25, 0.3) is 5.91 Å². The van der Waals surface area contributed by atoms with E-state index in [1.165, 1.54) is 17.6 Å². The minimum absolute atomic E-state index is 0.0283. The third-order valence-corrected chi connectivity index (χ3v) is 5.42. The Morgan fingerprint density at radius 1 is 1.21 bits per heavy atom. The van der Waals surface area contributed by atoms with Crippen molar-refractivity contribution in [2.75, 3.05) is 11.6 Å². The summed E-state index contributed by atoms with van der Waals surface area (Å²) in [7, 11) is 0. The molecule has 0 unspecified atom stereocenters. The number of aromatic hydroxyl groups is 1. The van der Waals surface area contributed by atoms with Gasteiger partial charge in [0.05, 0.1) is 0 Å². The number of hydrogen-bond acceptors (Lipinski definition) is 6. The molecule has 29 heavy (non-hydrogen) atoms. The topological polar surface area (TPSA) is 108 Å². The number of nitrogens with one attached hydrogen (secondary N) is 2. The third-order valence-electron chi connectivity index (χ3n) is 4.01. The van der Waals surface area contributed by atoms with E-state index in [4.69, 9.17) is 9.94 Å². The van der Waals surface area contributed by atoms with E-state index in [2.05, 4.69) is 27.9 Å². The van der Waals surface area contributed by atoms with Crippen molar-refractivity contribution in [3.8, 4) is 5.75 Å². The normalized spacial score (nSPS) is 13.0. The quantitative estimate of drug-likeness (QED) is 0.136. The molecule has 0 spiro atoms. The SMILES string of the molecule is CSc1ccc(NC(=O)O[C@H](c2cc(I)ccc2O)[C@H](C)/C=C/C(=O)NO)cc1. The van der Waals surface area contributed by atoms with E-state index in [0.29, 0.717) is 11.3 Å². The number of benzene rings is 2. The lowest BCUT2D eigenvalue weighted by molar-refractivity contribution is -0.124. The molecular weight excluding hydrogens is 507 g/mol. The molecule has 0 heterocycles. The van der Waals surface area contributed by atoms with E-state index in [0.717, 1.165) is 14.5 Å². The molecule has 2 aromatic rings. The largest absolute Gasteiger partial charge is 0.508 e. The molecule has 7 nitrogen and oxygen atoms in total. The molecule has 2 atom stereocenters. The van der Waals surface area contributed by atoms with Gasteiger partial charge in [-0.15, -0.1) is 11.8 Å². The summed E-state index contributed by atoms with van der Waals surface area (Å²) < 4.78 is 6.45. The van der Waals surface area contributed by atoms with Crippen molar-refractivity contribution in [2.45, 2.75) is 17.9 Å². The summed E-state index contributed by atoms with van der Waals surface area (Å²) in [4.78, 5) is 24.8. The standard InChI is InChI=1S/C20H21IN2O5S/c1-12(3-10-18(25)23-27)19(16-11-13(21)4-9-17(16)24)28-20(26)22-14-5-7-15(29-2)8-6-14/h3-12,19,24,27H,1-2H3,(H,22,26)(H,23,25)/b10-3+/t12-,19+/m1/s1. The second-order valence-electron chi connectivity index (χ2n) is 6.08. The number of phenols is 1. The second-order valence-corrected chi connectivity index (χ2v) is 8.20. The Hall–Kier alpha value is -2.24. The van der Waals surface area contributed by atoms with Crippen molar-refractivity contribution in [3.63, 3.8) is 0 Å². The average molecular weight is 528 g/mol. The van der Waals surface area contributed by atoms with Crippen LogP contribution in [0.4, 0.5) is 10.5 Å². The van der Waals surface area contributed by atoms with Gasteiger partial charge in [-0.2, -0.15) is 0 Å². The predicted molar refractivity (Wildman–Crippen MR) is 120 cm³/mol. The van der Waals surface area contributed by atoms with E-state index in [1.54, 1.807) is 43.0 Å². The zero-order valence-electron chi connectivity index (χ0n) is 15.8. The Morgan fingerprint density at radius 2 is 1.90 bits per heavy atom. The summed E-state index contributed by atoms with van der Waals surface area (Å²) in [5.41, 5.74) is 2.48. The number of ether oxygens (including phenoxy) is 1. The maximum Gasteiger partial charge on any atom is 0.412 e. The van der Waals surface area contributed by atoms with Gasteiger partial charge in [-0.25, -0.2) is 10.3 Å². The van der Waals surface area contributed by atoms with Crippen LogP contribution in [0.1, 0.15) is 18.6 Å². The zero-order chi connectivity index (χ0) is 21.4. The summed E-state index contributed by atoms with van der Waals surface area (Å²) in [6, 6.07) is 12.2. The van der Waals surface area contributed by atoms with E-state index in [9.17, 15) is 14.7 Å². The van der Waals surface area contributed by atoms with Gasteiger partial charge in [0.2, 0.25) is 0 Å². The predicted octanol–water partition coefficient (Wildman–Crippen LogP) is 4.71. The van der Waals surface area contributed by atoms with Crippen LogP contribution in [-0.4, -0.2) is 28.6 Å². The van der Waals surface area contributed by atoms with Crippen molar-refractivity contribution >= 4 is 52.0 Å². The first-order valence-corrected chi connectivity index (χ1v) is 10.9. The molecular formula is C20H21IN2O5S. The van der Waals surface area contributed by atoms with Crippen LogP contribution in [0.5, 0.6) is 5.75 Å². The first kappa shape index (κ1) is 23.0. The number of carbonyl (C=O) groups is 2. The molecule has 0 aromatic heterocycles. The van der Waals surface area contributed by atoms with Gasteiger partial charge >= 0.3 is 6.09 Å². The Balaban J connectivity index is 2.23. The van der Waals surface area contributed by atoms with Crippen LogP contribution in [0, 0.1) is 9.49 Å². The number of halogens is 1. The van der Waals surface area contributed by atoms with Gasteiger partial charge in [0.1, 0.15) is 11.9 Å². The van der Waals surface area contributed by atoms with E-state index < -0.39 is 24.0 Å². The second kappa shape index (κ2) is 11.1. The van der Waals surface area contributed by atoms with Crippen LogP contribution in [0.15, 0.2) is 59.5 Å². The number of amides is 2. The zero-order valence-corrected chi connectivity index (χ0v) is 18.7. The lowest BCUT2D eigenvalue weighted by Gasteiger charge is -2.23. The summed E-state index contributed by atoms with van der Waals surface area (Å²) in [5, 5.41) is 21.6. The molecule has 2 amide bonds. The molecule has 4 N–H and O–H groups in total. The molecule has 0 radical (unpaired) electrons. The maximum absolute atomic E-state index is 12.5. The van der Waals surface area contributed by atoms with Crippen LogP contribution < -0.4 is 10.8 Å². The molecule has 2 aromatic carbocycles. The molecule has 154 valence electrons. The van der Waals surface area contributed by atoms with Gasteiger partial charge in [-0.3, -0.25) is 15.3 Å². The summed E-state index contributed by atoms with van der Waals surface area (Å²) in [6.07, 6.45) is 3.01. The molecule has 0 saturated carbocycles. The van der Waals surface area contributed by atoms with Crippen molar-refractivity contribution < 1.29 is 24.6 Å². The number of phenolic OH excluding ortho intramolecular Hbond substituents is 1. The van der Waals surface area contributed by atoms with Crippen LogP contribution in [0.3, 0.4) is 0 Å². The van der Waals surface area contributed by atoms with Gasteiger partial charge in [0.15, 0.2) is 0 Å². The van der Waals surface area contributed by atoms with Crippen LogP contribution in [0.25, 0.3) is 0 Å². The molecule has 0 fully saturated rings. The number of rotatable bonds is 7. The number of carbonyl (C=O) groups excluding carboxylic acids is 2. The lowest BCUT2D eigenvalue weighted by Crippen LogP contribution is -2.22. The number of hydroxylamine groups is 1. The molecule has 0 saturated heterocycles. The van der Waals surface area contributed by atoms with Crippen molar-refractivity contribution in [1.82, 2.24) is 5.48 Å². The van der Waals surface area contributed by atoms with Crippen LogP contribution in [-0.2, 0) is 9.53 Å². The highest BCUT2D eigenvalue weighted by atomic mass is 127. The number of hydrogen-bond donors (Lipinski definition) is 4. The van der Waals surface area contributed by atoms with Crippen molar-refractivity contribution in [3.05, 3.63) is 63.8 Å². The Bertz CT molecular complexity index is 889. The first-order valence-electron chi connectivity index (χ1n) is 8.56. The fraction of sp³-hybridized carbons (Fsp3) is 0.200. The van der Waals surface area contributed by atoms with Crippen LogP contribution in [0.2, 0.25) is 0 Å². The van der Waals surface area contributed by atoms with Crippen molar-refractivity contribution in [2.24, 2.45) is 5.92 Å². The van der Waals surface area contributed by atoms with Gasteiger partial charge in [0, 0.05) is 31.7 Å². The summed E-state index contributed by atoms with van der Waals surface area (Å²) in [5.74, 6) is -1.21. The molecule has 9 heteroatoms. The Morgan fingerprint density at radius 3 is 2.52 bits per heavy atom. The number of anilines is 1. The van der Waals surface area contributed by atoms with Gasteiger partial charge in [-0.05, 0) is 71.3 Å². The molecule has 2 rings (SSSR count).